The maximum Gasteiger partial charge on any atom is 0.322 e. The van der Waals surface area contributed by atoms with Crippen LogP contribution in [0.1, 0.15) is 12.8 Å². The van der Waals surface area contributed by atoms with E-state index in [-0.39, 0.29) is 12.5 Å². The fraction of sp³-hybridized carbons (Fsp3) is 0.714. The van der Waals surface area contributed by atoms with E-state index >= 15 is 0 Å². The summed E-state index contributed by atoms with van der Waals surface area (Å²) in [7, 11) is 0. The highest BCUT2D eigenvalue weighted by Crippen LogP contribution is 1.85. The number of hydrogen-bond acceptors (Lipinski definition) is 4. The monoisotopic (exact) mass is 189 g/mol. The quantitative estimate of drug-likeness (QED) is 0.395. The highest BCUT2D eigenvalue weighted by Gasteiger charge is 2.11. The molecule has 0 aliphatic heterocycles. The third-order valence-electron chi connectivity index (χ3n) is 1.44. The minimum Gasteiger partial charge on any atom is -0.480 e. The molecule has 6 nitrogen and oxygen atoms in total. The number of carboxylic acids is 1. The Morgan fingerprint density at radius 3 is 2.54 bits per heavy atom. The van der Waals surface area contributed by atoms with Crippen molar-refractivity contribution in [2.24, 2.45) is 11.5 Å². The number of nitrogens with two attached hydrogens (primary N) is 2. The van der Waals surface area contributed by atoms with Crippen LogP contribution < -0.4 is 16.8 Å². The molecule has 13 heavy (non-hydrogen) atoms. The lowest BCUT2D eigenvalue weighted by molar-refractivity contribution is -0.138. The Bertz CT molecular complexity index is 184. The highest BCUT2D eigenvalue weighted by atomic mass is 16.4. The molecule has 0 saturated heterocycles. The molecule has 0 fully saturated rings. The van der Waals surface area contributed by atoms with Gasteiger partial charge in [-0.1, -0.05) is 0 Å². The Balaban J connectivity index is 3.52. The first-order valence-electron chi connectivity index (χ1n) is 4.03. The zero-order valence-electron chi connectivity index (χ0n) is 7.32. The Morgan fingerprint density at radius 2 is 2.08 bits per heavy atom. The van der Waals surface area contributed by atoms with Gasteiger partial charge in [-0.3, -0.25) is 9.59 Å². The summed E-state index contributed by atoms with van der Waals surface area (Å²) in [6.07, 6.45) is 0.900. The van der Waals surface area contributed by atoms with Crippen molar-refractivity contribution < 1.29 is 14.7 Å². The second-order valence-electron chi connectivity index (χ2n) is 2.64. The van der Waals surface area contributed by atoms with Crippen LogP contribution in [0, 0.1) is 0 Å². The molecule has 0 aromatic heterocycles. The molecule has 0 aliphatic carbocycles. The molecule has 1 unspecified atom stereocenters. The maximum atomic E-state index is 10.9. The van der Waals surface area contributed by atoms with Crippen LogP contribution in [0.15, 0.2) is 0 Å². The number of carbonyl (C=O) groups excluding carboxylic acids is 1. The third-order valence-corrected chi connectivity index (χ3v) is 1.44. The van der Waals surface area contributed by atoms with Gasteiger partial charge >= 0.3 is 5.97 Å². The lowest BCUT2D eigenvalue weighted by atomic mass is 10.2. The first kappa shape index (κ1) is 11.9. The van der Waals surface area contributed by atoms with Gasteiger partial charge in [0, 0.05) is 13.0 Å². The zero-order valence-corrected chi connectivity index (χ0v) is 7.32. The van der Waals surface area contributed by atoms with E-state index in [1.807, 2.05) is 0 Å². The van der Waals surface area contributed by atoms with Crippen molar-refractivity contribution in [2.75, 3.05) is 13.1 Å². The number of amides is 1. The fourth-order valence-corrected chi connectivity index (χ4v) is 0.662. The van der Waals surface area contributed by atoms with Crippen molar-refractivity contribution >= 4 is 11.9 Å². The van der Waals surface area contributed by atoms with E-state index in [4.69, 9.17) is 16.6 Å². The second-order valence-corrected chi connectivity index (χ2v) is 2.64. The van der Waals surface area contributed by atoms with E-state index in [2.05, 4.69) is 5.32 Å². The summed E-state index contributed by atoms with van der Waals surface area (Å²) in [6, 6.07) is -1.04. The molecule has 0 radical (unpaired) electrons. The lowest BCUT2D eigenvalue weighted by Crippen LogP contribution is -2.42. The molecular weight excluding hydrogens is 174 g/mol. The van der Waals surface area contributed by atoms with Crippen molar-refractivity contribution in [2.45, 2.75) is 18.9 Å². The predicted molar refractivity (Wildman–Crippen MR) is 46.9 cm³/mol. The first-order chi connectivity index (χ1) is 6.07. The van der Waals surface area contributed by atoms with Crippen molar-refractivity contribution in [1.29, 1.82) is 0 Å². The molecule has 0 aromatic carbocycles. The number of hydrogen-bond donors (Lipinski definition) is 4. The van der Waals surface area contributed by atoms with Gasteiger partial charge in [0.2, 0.25) is 5.91 Å². The van der Waals surface area contributed by atoms with Crippen LogP contribution in [0.2, 0.25) is 0 Å². The van der Waals surface area contributed by atoms with Crippen molar-refractivity contribution in [3.8, 4) is 0 Å². The summed E-state index contributed by atoms with van der Waals surface area (Å²) in [4.78, 5) is 21.1. The van der Waals surface area contributed by atoms with E-state index in [0.717, 1.165) is 0 Å². The molecule has 1 atom stereocenters. The number of carbonyl (C=O) groups is 2. The molecule has 6 heteroatoms. The van der Waals surface area contributed by atoms with E-state index in [1.165, 1.54) is 0 Å². The number of aliphatic carboxylic acids is 1. The summed E-state index contributed by atoms with van der Waals surface area (Å²) in [5.74, 6) is -1.35. The average Bonchev–Trinajstić information content (AvgIpc) is 2.10. The normalized spacial score (nSPS) is 12.2. The maximum absolute atomic E-state index is 10.9. The predicted octanol–water partition coefficient (Wildman–Crippen LogP) is -1.75. The lowest BCUT2D eigenvalue weighted by Gasteiger charge is -2.07. The van der Waals surface area contributed by atoms with Crippen LogP contribution in [0.3, 0.4) is 0 Å². The smallest absolute Gasteiger partial charge is 0.322 e. The summed E-state index contributed by atoms with van der Waals surface area (Å²) in [5, 5.41) is 10.8. The Morgan fingerprint density at radius 1 is 1.46 bits per heavy atom. The van der Waals surface area contributed by atoms with Gasteiger partial charge in [-0.2, -0.15) is 0 Å². The second kappa shape index (κ2) is 6.38. The van der Waals surface area contributed by atoms with Crippen LogP contribution in [0.4, 0.5) is 0 Å². The van der Waals surface area contributed by atoms with Gasteiger partial charge in [0.05, 0.1) is 0 Å². The molecule has 0 saturated carbocycles. The SMILES string of the molecule is NCCCC(=O)NCC(N)C(=O)O. The Hall–Kier alpha value is -1.14. The van der Waals surface area contributed by atoms with E-state index < -0.39 is 12.0 Å². The molecule has 1 amide bonds. The average molecular weight is 189 g/mol. The van der Waals surface area contributed by atoms with Crippen LogP contribution in [0.5, 0.6) is 0 Å². The molecule has 0 aliphatic rings. The van der Waals surface area contributed by atoms with Crippen LogP contribution in [0.25, 0.3) is 0 Å². The third kappa shape index (κ3) is 6.06. The van der Waals surface area contributed by atoms with Crippen molar-refractivity contribution in [1.82, 2.24) is 5.32 Å². The van der Waals surface area contributed by atoms with Gasteiger partial charge in [0.25, 0.3) is 0 Å². The molecule has 76 valence electrons. The number of carboxylic acid groups (broad SMARTS) is 1. The summed E-state index contributed by atoms with van der Waals surface area (Å²) in [5.41, 5.74) is 10.3. The zero-order chi connectivity index (χ0) is 10.3. The summed E-state index contributed by atoms with van der Waals surface area (Å²) in [6.45, 7) is 0.400. The number of nitrogens with one attached hydrogen (secondary N) is 1. The van der Waals surface area contributed by atoms with Crippen molar-refractivity contribution in [3.05, 3.63) is 0 Å². The Kier molecular flexibility index (Phi) is 5.82. The van der Waals surface area contributed by atoms with Gasteiger partial charge in [-0.15, -0.1) is 0 Å². The van der Waals surface area contributed by atoms with Crippen LogP contribution >= 0.6 is 0 Å². The van der Waals surface area contributed by atoms with Gasteiger partial charge in [-0.25, -0.2) is 0 Å². The summed E-state index contributed by atoms with van der Waals surface area (Å²) >= 11 is 0. The van der Waals surface area contributed by atoms with E-state index in [0.29, 0.717) is 19.4 Å². The van der Waals surface area contributed by atoms with Gasteiger partial charge < -0.3 is 21.9 Å². The molecular formula is C7H15N3O3. The fourth-order valence-electron chi connectivity index (χ4n) is 0.662. The van der Waals surface area contributed by atoms with Gasteiger partial charge in [0.1, 0.15) is 6.04 Å². The van der Waals surface area contributed by atoms with Gasteiger partial charge in [-0.05, 0) is 13.0 Å². The van der Waals surface area contributed by atoms with Crippen LogP contribution in [-0.4, -0.2) is 36.1 Å². The first-order valence-corrected chi connectivity index (χ1v) is 4.03. The topological polar surface area (TPSA) is 118 Å². The Labute approximate surface area is 76.3 Å². The molecule has 6 N–H and O–H groups in total. The van der Waals surface area contributed by atoms with E-state index in [1.54, 1.807) is 0 Å². The highest BCUT2D eigenvalue weighted by molar-refractivity contribution is 5.78. The van der Waals surface area contributed by atoms with Crippen LogP contribution in [-0.2, 0) is 9.59 Å². The molecule has 0 heterocycles. The molecule has 0 aromatic rings. The summed E-state index contributed by atoms with van der Waals surface area (Å²) < 4.78 is 0. The molecule has 0 bridgehead atoms. The largest absolute Gasteiger partial charge is 0.480 e. The molecule has 0 spiro atoms. The van der Waals surface area contributed by atoms with Gasteiger partial charge in [0.15, 0.2) is 0 Å². The molecule has 0 rings (SSSR count). The number of rotatable bonds is 6. The van der Waals surface area contributed by atoms with Crippen molar-refractivity contribution in [3.63, 3.8) is 0 Å². The minimum absolute atomic E-state index is 0.0429. The standard InChI is InChI=1S/C7H15N3O3/c8-3-1-2-6(11)10-4-5(9)7(12)13/h5H,1-4,8-9H2,(H,10,11)(H,12,13). The van der Waals surface area contributed by atoms with E-state index in [9.17, 15) is 9.59 Å². The minimum atomic E-state index is -1.13.